The molecular formula is C18H34O2. The Morgan fingerprint density at radius 2 is 1.30 bits per heavy atom. The number of aliphatic carboxylic acids is 1. The lowest BCUT2D eigenvalue weighted by Gasteiger charge is -2.04. The van der Waals surface area contributed by atoms with Gasteiger partial charge in [-0.3, -0.25) is 0 Å². The summed E-state index contributed by atoms with van der Waals surface area (Å²) in [5, 5.41) is 8.43. The average Bonchev–Trinajstić information content (AvgIpc) is 2.38. The molecule has 0 aliphatic rings. The topological polar surface area (TPSA) is 37.3 Å². The van der Waals surface area contributed by atoms with Crippen LogP contribution in [0.1, 0.15) is 90.9 Å². The quantitative estimate of drug-likeness (QED) is 0.315. The lowest BCUT2D eigenvalue weighted by atomic mass is 10.0. The Bertz CT molecular complexity index is 244. The Hall–Kier alpha value is -0.790. The van der Waals surface area contributed by atoms with Gasteiger partial charge in [0.1, 0.15) is 0 Å². The highest BCUT2D eigenvalue weighted by Crippen LogP contribution is 2.13. The maximum Gasteiger partial charge on any atom is 0.327 e. The Balaban J connectivity index is 3.04. The van der Waals surface area contributed by atoms with E-state index in [4.69, 9.17) is 5.11 Å². The molecule has 0 aromatic heterocycles. The van der Waals surface area contributed by atoms with Gasteiger partial charge in [-0.2, -0.15) is 0 Å². The molecule has 2 nitrogen and oxygen atoms in total. The maximum atomic E-state index is 10.2. The Morgan fingerprint density at radius 3 is 1.75 bits per heavy atom. The summed E-state index contributed by atoms with van der Waals surface area (Å²) in [6, 6.07) is 0. The zero-order valence-electron chi connectivity index (χ0n) is 13.6. The number of allylic oxidation sites excluding steroid dienone is 1. The van der Waals surface area contributed by atoms with Crippen LogP contribution in [0.15, 0.2) is 12.2 Å². The van der Waals surface area contributed by atoms with Crippen molar-refractivity contribution in [3.63, 3.8) is 0 Å². The van der Waals surface area contributed by atoms with Crippen molar-refractivity contribution in [1.29, 1.82) is 0 Å². The van der Waals surface area contributed by atoms with Crippen LogP contribution in [0.2, 0.25) is 0 Å². The summed E-state index contributed by atoms with van der Waals surface area (Å²) in [4.78, 5) is 10.2. The second-order valence-electron chi connectivity index (χ2n) is 6.25. The molecule has 118 valence electrons. The minimum Gasteiger partial charge on any atom is -0.478 e. The summed E-state index contributed by atoms with van der Waals surface area (Å²) in [6.45, 7) is 4.61. The fourth-order valence-corrected chi connectivity index (χ4v) is 2.41. The van der Waals surface area contributed by atoms with Gasteiger partial charge in [0.05, 0.1) is 0 Å². The first-order valence-corrected chi connectivity index (χ1v) is 8.52. The van der Waals surface area contributed by atoms with Crippen LogP contribution in [0.4, 0.5) is 0 Å². The molecule has 0 aromatic carbocycles. The highest BCUT2D eigenvalue weighted by molar-refractivity contribution is 5.79. The molecule has 0 saturated heterocycles. The molecule has 0 spiro atoms. The number of carboxylic acids is 1. The van der Waals surface area contributed by atoms with E-state index in [1.54, 1.807) is 6.08 Å². The number of unbranched alkanes of at least 4 members (excludes halogenated alkanes) is 10. The number of hydrogen-bond donors (Lipinski definition) is 1. The second kappa shape index (κ2) is 14.6. The van der Waals surface area contributed by atoms with Crippen LogP contribution in [-0.2, 0) is 4.79 Å². The van der Waals surface area contributed by atoms with Crippen molar-refractivity contribution in [1.82, 2.24) is 0 Å². The van der Waals surface area contributed by atoms with E-state index in [1.807, 2.05) is 0 Å². The standard InChI is InChI=1S/C18H34O2/c1-17(2)15-13-11-9-7-5-3-4-6-8-10-12-14-16-18(19)20/h14,16-17H,3-13,15H2,1-2H3,(H,19,20). The maximum absolute atomic E-state index is 10.2. The van der Waals surface area contributed by atoms with Crippen LogP contribution in [-0.4, -0.2) is 11.1 Å². The number of rotatable bonds is 14. The van der Waals surface area contributed by atoms with Gasteiger partial charge in [0.25, 0.3) is 0 Å². The SMILES string of the molecule is CC(C)CCCCCCCCCCCCC=CC(=O)O. The molecule has 0 radical (unpaired) electrons. The van der Waals surface area contributed by atoms with E-state index >= 15 is 0 Å². The van der Waals surface area contributed by atoms with E-state index in [0.29, 0.717) is 0 Å². The molecule has 0 atom stereocenters. The summed E-state index contributed by atoms with van der Waals surface area (Å²) in [5.41, 5.74) is 0. The van der Waals surface area contributed by atoms with Gasteiger partial charge in [0.15, 0.2) is 0 Å². The van der Waals surface area contributed by atoms with Gasteiger partial charge in [-0.15, -0.1) is 0 Å². The van der Waals surface area contributed by atoms with Crippen LogP contribution >= 0.6 is 0 Å². The molecule has 0 amide bonds. The fraction of sp³-hybridized carbons (Fsp3) is 0.833. The van der Waals surface area contributed by atoms with E-state index in [0.717, 1.165) is 18.8 Å². The summed E-state index contributed by atoms with van der Waals surface area (Å²) in [5.74, 6) is 0.0266. The van der Waals surface area contributed by atoms with E-state index in [2.05, 4.69) is 13.8 Å². The zero-order chi connectivity index (χ0) is 15.1. The zero-order valence-corrected chi connectivity index (χ0v) is 13.6. The summed E-state index contributed by atoms with van der Waals surface area (Å²) >= 11 is 0. The summed E-state index contributed by atoms with van der Waals surface area (Å²) < 4.78 is 0. The van der Waals surface area contributed by atoms with Gasteiger partial charge >= 0.3 is 5.97 Å². The average molecular weight is 282 g/mol. The minimum atomic E-state index is -0.835. The van der Waals surface area contributed by atoms with Crippen molar-refractivity contribution in [2.45, 2.75) is 90.9 Å². The summed E-state index contributed by atoms with van der Waals surface area (Å²) in [7, 11) is 0. The first kappa shape index (κ1) is 19.2. The van der Waals surface area contributed by atoms with Gasteiger partial charge < -0.3 is 5.11 Å². The molecule has 0 bridgehead atoms. The predicted octanol–water partition coefficient (Wildman–Crippen LogP) is 5.96. The van der Waals surface area contributed by atoms with Crippen molar-refractivity contribution >= 4 is 5.97 Å². The first-order chi connectivity index (χ1) is 9.63. The number of hydrogen-bond acceptors (Lipinski definition) is 1. The molecule has 20 heavy (non-hydrogen) atoms. The molecule has 0 aliphatic carbocycles. The van der Waals surface area contributed by atoms with Crippen molar-refractivity contribution in [3.8, 4) is 0 Å². The molecule has 0 aromatic rings. The van der Waals surface area contributed by atoms with Crippen molar-refractivity contribution in [3.05, 3.63) is 12.2 Å². The van der Waals surface area contributed by atoms with Crippen LogP contribution in [0.3, 0.4) is 0 Å². The first-order valence-electron chi connectivity index (χ1n) is 8.52. The Morgan fingerprint density at radius 1 is 0.850 bits per heavy atom. The molecule has 0 fully saturated rings. The molecule has 0 rings (SSSR count). The van der Waals surface area contributed by atoms with Crippen LogP contribution in [0.5, 0.6) is 0 Å². The Labute approximate surface area is 125 Å². The lowest BCUT2D eigenvalue weighted by molar-refractivity contribution is -0.131. The van der Waals surface area contributed by atoms with E-state index in [1.165, 1.54) is 70.3 Å². The molecule has 2 heteroatoms. The third-order valence-electron chi connectivity index (χ3n) is 3.66. The largest absolute Gasteiger partial charge is 0.478 e. The molecule has 0 aliphatic heterocycles. The van der Waals surface area contributed by atoms with E-state index in [9.17, 15) is 4.79 Å². The van der Waals surface area contributed by atoms with Gasteiger partial charge in [-0.25, -0.2) is 4.79 Å². The third kappa shape index (κ3) is 17.2. The number of carbonyl (C=O) groups is 1. The van der Waals surface area contributed by atoms with Crippen molar-refractivity contribution in [2.24, 2.45) is 5.92 Å². The molecule has 0 unspecified atom stereocenters. The van der Waals surface area contributed by atoms with E-state index < -0.39 is 5.97 Å². The highest BCUT2D eigenvalue weighted by Gasteiger charge is 1.95. The number of carboxylic acid groups (broad SMARTS) is 1. The monoisotopic (exact) mass is 282 g/mol. The normalized spacial score (nSPS) is 11.6. The van der Waals surface area contributed by atoms with Crippen LogP contribution in [0, 0.1) is 5.92 Å². The van der Waals surface area contributed by atoms with Crippen molar-refractivity contribution in [2.75, 3.05) is 0 Å². The Kier molecular flexibility index (Phi) is 14.0. The highest BCUT2D eigenvalue weighted by atomic mass is 16.4. The minimum absolute atomic E-state index is 0.835. The molecular weight excluding hydrogens is 248 g/mol. The predicted molar refractivity (Wildman–Crippen MR) is 87.0 cm³/mol. The molecule has 0 saturated carbocycles. The molecule has 1 N–H and O–H groups in total. The van der Waals surface area contributed by atoms with Crippen LogP contribution in [0.25, 0.3) is 0 Å². The lowest BCUT2D eigenvalue weighted by Crippen LogP contribution is -1.87. The van der Waals surface area contributed by atoms with E-state index in [-0.39, 0.29) is 0 Å². The van der Waals surface area contributed by atoms with Crippen LogP contribution < -0.4 is 0 Å². The summed E-state index contributed by atoms with van der Waals surface area (Å²) in [6.07, 6.45) is 18.7. The third-order valence-corrected chi connectivity index (χ3v) is 3.66. The van der Waals surface area contributed by atoms with Gasteiger partial charge in [-0.1, -0.05) is 84.1 Å². The second-order valence-corrected chi connectivity index (χ2v) is 6.25. The van der Waals surface area contributed by atoms with Crippen molar-refractivity contribution < 1.29 is 9.90 Å². The van der Waals surface area contributed by atoms with Gasteiger partial charge in [0, 0.05) is 6.08 Å². The van der Waals surface area contributed by atoms with Gasteiger partial charge in [-0.05, 0) is 18.8 Å². The smallest absolute Gasteiger partial charge is 0.327 e. The van der Waals surface area contributed by atoms with Gasteiger partial charge in [0.2, 0.25) is 0 Å². The molecule has 0 heterocycles. The fourth-order valence-electron chi connectivity index (χ4n) is 2.41.